The molecular formula is C26H24FN5O4. The monoisotopic (exact) mass is 489 g/mol. The second-order valence-electron chi connectivity index (χ2n) is 9.13. The van der Waals surface area contributed by atoms with Crippen LogP contribution in [0.3, 0.4) is 0 Å². The van der Waals surface area contributed by atoms with Crippen molar-refractivity contribution in [1.29, 1.82) is 0 Å². The molecule has 184 valence electrons. The molecule has 5 heterocycles. The number of carbonyl (C=O) groups excluding carboxylic acids is 2. The zero-order valence-corrected chi connectivity index (χ0v) is 19.7. The highest BCUT2D eigenvalue weighted by Crippen LogP contribution is 2.43. The summed E-state index contributed by atoms with van der Waals surface area (Å²) in [5.41, 5.74) is 2.69. The first-order valence-corrected chi connectivity index (χ1v) is 11.8. The van der Waals surface area contributed by atoms with Crippen LogP contribution in [-0.2, 0) is 16.8 Å². The van der Waals surface area contributed by atoms with Crippen molar-refractivity contribution in [2.24, 2.45) is 0 Å². The average molecular weight is 490 g/mol. The molecule has 3 aliphatic rings. The number of ether oxygens (including phenoxy) is 2. The van der Waals surface area contributed by atoms with Crippen LogP contribution in [0.4, 0.5) is 26.4 Å². The van der Waals surface area contributed by atoms with E-state index in [0.29, 0.717) is 56.3 Å². The second kappa shape index (κ2) is 8.47. The second-order valence-corrected chi connectivity index (χ2v) is 9.13. The molecule has 36 heavy (non-hydrogen) atoms. The third-order valence-corrected chi connectivity index (χ3v) is 7.14. The lowest BCUT2D eigenvalue weighted by atomic mass is 9.83. The number of piperidine rings is 1. The number of anilines is 3. The number of hydrogen-bond donors (Lipinski definition) is 1. The minimum Gasteiger partial charge on any atom is -0.481 e. The van der Waals surface area contributed by atoms with Gasteiger partial charge in [-0.25, -0.2) is 19.2 Å². The number of benzene rings is 1. The van der Waals surface area contributed by atoms with E-state index in [4.69, 9.17) is 9.47 Å². The summed E-state index contributed by atoms with van der Waals surface area (Å²) in [6, 6.07) is 11.8. The summed E-state index contributed by atoms with van der Waals surface area (Å²) in [7, 11) is 1.51. The smallest absolute Gasteiger partial charge is 0.413 e. The van der Waals surface area contributed by atoms with Crippen LogP contribution in [0, 0.1) is 5.82 Å². The number of nitrogens with one attached hydrogen (secondary N) is 1. The van der Waals surface area contributed by atoms with Crippen molar-refractivity contribution in [1.82, 2.24) is 9.97 Å². The first-order valence-electron chi connectivity index (χ1n) is 11.8. The summed E-state index contributed by atoms with van der Waals surface area (Å²) < 4.78 is 24.8. The molecule has 9 nitrogen and oxygen atoms in total. The van der Waals surface area contributed by atoms with Gasteiger partial charge in [0.2, 0.25) is 5.88 Å². The summed E-state index contributed by atoms with van der Waals surface area (Å²) in [5, 5.41) is 2.67. The maximum absolute atomic E-state index is 13.6. The van der Waals surface area contributed by atoms with Gasteiger partial charge in [-0.15, -0.1) is 0 Å². The summed E-state index contributed by atoms with van der Waals surface area (Å²) >= 11 is 0. The summed E-state index contributed by atoms with van der Waals surface area (Å²) in [6.07, 6.45) is 2.87. The van der Waals surface area contributed by atoms with E-state index in [9.17, 15) is 14.0 Å². The van der Waals surface area contributed by atoms with Crippen molar-refractivity contribution in [3.63, 3.8) is 0 Å². The fourth-order valence-corrected chi connectivity index (χ4v) is 5.33. The minimum absolute atomic E-state index is 0.254. The molecule has 0 unspecified atom stereocenters. The average Bonchev–Trinajstić information content (AvgIpc) is 3.31. The Morgan fingerprint density at radius 2 is 2.00 bits per heavy atom. The lowest BCUT2D eigenvalue weighted by Gasteiger charge is -2.44. The number of carbonyl (C=O) groups is 2. The van der Waals surface area contributed by atoms with E-state index < -0.39 is 11.7 Å². The molecule has 0 bridgehead atoms. The predicted molar refractivity (Wildman–Crippen MR) is 130 cm³/mol. The topological polar surface area (TPSA) is 96.9 Å². The van der Waals surface area contributed by atoms with Gasteiger partial charge in [-0.3, -0.25) is 10.1 Å². The van der Waals surface area contributed by atoms with Crippen LogP contribution in [0.25, 0.3) is 0 Å². The normalized spacial score (nSPS) is 17.8. The Balaban J connectivity index is 1.26. The quantitative estimate of drug-likeness (QED) is 0.596. The van der Waals surface area contributed by atoms with Crippen LogP contribution in [0.5, 0.6) is 5.88 Å². The summed E-state index contributed by atoms with van der Waals surface area (Å²) in [4.78, 5) is 38.1. The Bertz CT molecular complexity index is 1370. The number of methoxy groups -OCH3 is 1. The molecular weight excluding hydrogens is 465 g/mol. The lowest BCUT2D eigenvalue weighted by Crippen LogP contribution is -2.48. The van der Waals surface area contributed by atoms with Gasteiger partial charge < -0.3 is 19.3 Å². The Morgan fingerprint density at radius 3 is 2.81 bits per heavy atom. The first kappa shape index (κ1) is 22.3. The van der Waals surface area contributed by atoms with Gasteiger partial charge in [0.15, 0.2) is 0 Å². The molecule has 2 aromatic heterocycles. The zero-order chi connectivity index (χ0) is 24.9. The summed E-state index contributed by atoms with van der Waals surface area (Å²) in [5.74, 6) is 0.288. The zero-order valence-electron chi connectivity index (χ0n) is 19.7. The van der Waals surface area contributed by atoms with E-state index in [1.165, 1.54) is 19.2 Å². The van der Waals surface area contributed by atoms with Gasteiger partial charge in [-0.2, -0.15) is 0 Å². The lowest BCUT2D eigenvalue weighted by molar-refractivity contribution is -0.00845. The van der Waals surface area contributed by atoms with Crippen LogP contribution in [0.15, 0.2) is 48.7 Å². The first-order chi connectivity index (χ1) is 17.5. The van der Waals surface area contributed by atoms with Gasteiger partial charge in [-0.1, -0.05) is 0 Å². The van der Waals surface area contributed by atoms with Crippen LogP contribution in [-0.4, -0.2) is 48.7 Å². The molecule has 0 atom stereocenters. The highest BCUT2D eigenvalue weighted by molar-refractivity contribution is 6.06. The van der Waals surface area contributed by atoms with Crippen molar-refractivity contribution in [2.75, 3.05) is 41.9 Å². The highest BCUT2D eigenvalue weighted by atomic mass is 19.1. The van der Waals surface area contributed by atoms with Gasteiger partial charge in [0, 0.05) is 61.7 Å². The third kappa shape index (κ3) is 3.69. The molecule has 1 spiro atoms. The largest absolute Gasteiger partial charge is 0.481 e. The Morgan fingerprint density at radius 1 is 1.17 bits per heavy atom. The Kier molecular flexibility index (Phi) is 5.24. The highest BCUT2D eigenvalue weighted by Gasteiger charge is 2.45. The molecule has 3 aromatic rings. The van der Waals surface area contributed by atoms with Crippen molar-refractivity contribution in [3.05, 3.63) is 71.3 Å². The number of rotatable bonds is 3. The van der Waals surface area contributed by atoms with Gasteiger partial charge in [0.1, 0.15) is 22.9 Å². The fraction of sp³-hybridized carbons (Fsp3) is 0.308. The minimum atomic E-state index is -0.743. The molecule has 1 aromatic carbocycles. The molecule has 6 rings (SSSR count). The van der Waals surface area contributed by atoms with Crippen molar-refractivity contribution in [2.45, 2.75) is 24.9 Å². The van der Waals surface area contributed by atoms with E-state index in [-0.39, 0.29) is 17.4 Å². The van der Waals surface area contributed by atoms with Crippen molar-refractivity contribution >= 4 is 29.2 Å². The molecule has 1 fully saturated rings. The van der Waals surface area contributed by atoms with Gasteiger partial charge in [-0.05, 0) is 48.4 Å². The fourth-order valence-electron chi connectivity index (χ4n) is 5.33. The number of nitrogens with zero attached hydrogens (tertiary/aromatic N) is 4. The van der Waals surface area contributed by atoms with E-state index in [2.05, 4.69) is 20.2 Å². The Labute approximate surface area is 206 Å². The molecule has 10 heteroatoms. The van der Waals surface area contributed by atoms with Crippen LogP contribution < -0.4 is 19.9 Å². The Hall–Kier alpha value is -4.21. The summed E-state index contributed by atoms with van der Waals surface area (Å²) in [6.45, 7) is 1.65. The maximum atomic E-state index is 13.6. The predicted octanol–water partition coefficient (Wildman–Crippen LogP) is 3.89. The number of halogens is 1. The number of pyridine rings is 2. The number of amides is 2. The van der Waals surface area contributed by atoms with E-state index >= 15 is 0 Å². The molecule has 1 N–H and O–H groups in total. The molecule has 0 saturated carbocycles. The molecule has 0 radical (unpaired) electrons. The standard InChI is InChI=1S/C26H24FN5O4/c1-35-22-15-18(14-20(29-22)24(33)32-10-6-16-13-17(27)4-5-21(16)32)31-11-7-26(8-12-31)19-3-2-9-28-23(19)30-25(34)36-26/h2-5,9,13-15H,6-8,10-12H2,1H3,(H,28,30,34). The number of aromatic nitrogens is 2. The maximum Gasteiger partial charge on any atom is 0.413 e. The SMILES string of the molecule is COc1cc(N2CCC3(CC2)OC(=O)Nc2ncccc23)cc(C(=O)N2CCc3cc(F)ccc32)n1. The molecule has 1 saturated heterocycles. The van der Waals surface area contributed by atoms with Crippen LogP contribution in [0.2, 0.25) is 0 Å². The van der Waals surface area contributed by atoms with Gasteiger partial charge in [0.05, 0.1) is 7.11 Å². The van der Waals surface area contributed by atoms with Crippen LogP contribution in [0.1, 0.15) is 34.5 Å². The number of hydrogen-bond acceptors (Lipinski definition) is 7. The van der Waals surface area contributed by atoms with Crippen molar-refractivity contribution < 1.29 is 23.5 Å². The molecule has 3 aliphatic heterocycles. The number of fused-ring (bicyclic) bond motifs is 3. The molecule has 2 amide bonds. The van der Waals surface area contributed by atoms with E-state index in [1.807, 2.05) is 12.1 Å². The van der Waals surface area contributed by atoms with E-state index in [1.54, 1.807) is 29.3 Å². The molecule has 0 aliphatic carbocycles. The van der Waals surface area contributed by atoms with E-state index in [0.717, 1.165) is 16.8 Å². The van der Waals surface area contributed by atoms with Gasteiger partial charge in [0.25, 0.3) is 5.91 Å². The van der Waals surface area contributed by atoms with Crippen LogP contribution >= 0.6 is 0 Å². The van der Waals surface area contributed by atoms with Crippen molar-refractivity contribution in [3.8, 4) is 5.88 Å². The third-order valence-electron chi connectivity index (χ3n) is 7.14. The van der Waals surface area contributed by atoms with Gasteiger partial charge >= 0.3 is 6.09 Å².